The van der Waals surface area contributed by atoms with Crippen molar-refractivity contribution in [3.8, 4) is 5.75 Å². The van der Waals surface area contributed by atoms with Crippen LogP contribution in [0.1, 0.15) is 30.1 Å². The predicted octanol–water partition coefficient (Wildman–Crippen LogP) is 0.988. The lowest BCUT2D eigenvalue weighted by Crippen LogP contribution is -2.33. The highest BCUT2D eigenvalue weighted by Crippen LogP contribution is 2.16. The highest BCUT2D eigenvalue weighted by molar-refractivity contribution is 5.96. The molecule has 1 aromatic rings. The largest absolute Gasteiger partial charge is 0.505 e. The summed E-state index contributed by atoms with van der Waals surface area (Å²) >= 11 is 0. The van der Waals surface area contributed by atoms with E-state index in [0.717, 1.165) is 12.8 Å². The van der Waals surface area contributed by atoms with Crippen molar-refractivity contribution in [2.75, 3.05) is 19.6 Å². The minimum Gasteiger partial charge on any atom is -0.505 e. The lowest BCUT2D eigenvalue weighted by Gasteiger charge is -2.22. The Kier molecular flexibility index (Phi) is 5.42. The number of aromatic nitrogens is 1. The van der Waals surface area contributed by atoms with E-state index in [1.54, 1.807) is 4.90 Å². The minimum absolute atomic E-state index is 0.0775. The third-order valence-corrected chi connectivity index (χ3v) is 2.44. The van der Waals surface area contributed by atoms with Gasteiger partial charge in [0.15, 0.2) is 0 Å². The Morgan fingerprint density at radius 2 is 2.29 bits per heavy atom. The van der Waals surface area contributed by atoms with Gasteiger partial charge in [0, 0.05) is 19.3 Å². The molecular formula is C12H19N3O2. The molecule has 0 atom stereocenters. The molecule has 94 valence electrons. The minimum atomic E-state index is -0.166. The summed E-state index contributed by atoms with van der Waals surface area (Å²) in [5, 5.41) is 9.59. The first-order valence-corrected chi connectivity index (χ1v) is 5.83. The third kappa shape index (κ3) is 3.71. The molecular weight excluding hydrogens is 218 g/mol. The molecule has 0 bridgehead atoms. The Bertz CT molecular complexity index is 369. The van der Waals surface area contributed by atoms with E-state index in [9.17, 15) is 9.90 Å². The van der Waals surface area contributed by atoms with Crippen LogP contribution in [-0.2, 0) is 0 Å². The number of hydrogen-bond donors (Lipinski definition) is 2. The summed E-state index contributed by atoms with van der Waals surface area (Å²) in [6.45, 7) is 3.84. The van der Waals surface area contributed by atoms with Crippen molar-refractivity contribution in [3.63, 3.8) is 0 Å². The number of pyridine rings is 1. The van der Waals surface area contributed by atoms with E-state index in [2.05, 4.69) is 4.98 Å². The smallest absolute Gasteiger partial charge is 0.257 e. The van der Waals surface area contributed by atoms with Gasteiger partial charge >= 0.3 is 0 Å². The van der Waals surface area contributed by atoms with Crippen LogP contribution < -0.4 is 5.73 Å². The number of nitrogens with zero attached hydrogens (tertiary/aromatic N) is 2. The van der Waals surface area contributed by atoms with E-state index < -0.39 is 0 Å². The summed E-state index contributed by atoms with van der Waals surface area (Å²) in [7, 11) is 0. The van der Waals surface area contributed by atoms with Gasteiger partial charge in [-0.25, -0.2) is 0 Å². The molecule has 1 rings (SSSR count). The average molecular weight is 237 g/mol. The van der Waals surface area contributed by atoms with Crippen molar-refractivity contribution in [1.82, 2.24) is 9.88 Å². The van der Waals surface area contributed by atoms with Crippen LogP contribution >= 0.6 is 0 Å². The third-order valence-electron chi connectivity index (χ3n) is 2.44. The maximum absolute atomic E-state index is 12.2. The first-order valence-electron chi connectivity index (χ1n) is 5.83. The van der Waals surface area contributed by atoms with Crippen LogP contribution in [0.4, 0.5) is 0 Å². The molecule has 3 N–H and O–H groups in total. The summed E-state index contributed by atoms with van der Waals surface area (Å²) in [4.78, 5) is 17.6. The number of rotatable bonds is 6. The molecule has 17 heavy (non-hydrogen) atoms. The van der Waals surface area contributed by atoms with Gasteiger partial charge in [0.1, 0.15) is 5.75 Å². The lowest BCUT2D eigenvalue weighted by molar-refractivity contribution is 0.0751. The maximum atomic E-state index is 12.2. The molecule has 0 saturated carbocycles. The first kappa shape index (κ1) is 13.4. The van der Waals surface area contributed by atoms with Gasteiger partial charge in [-0.3, -0.25) is 9.78 Å². The molecule has 1 aromatic heterocycles. The number of carbonyl (C=O) groups is 1. The number of hydrogen-bond acceptors (Lipinski definition) is 4. The lowest BCUT2D eigenvalue weighted by atomic mass is 10.2. The Labute approximate surface area is 101 Å². The van der Waals surface area contributed by atoms with Gasteiger partial charge in [-0.05, 0) is 25.5 Å². The van der Waals surface area contributed by atoms with Gasteiger partial charge in [0.2, 0.25) is 0 Å². The fraction of sp³-hybridized carbons (Fsp3) is 0.500. The summed E-state index contributed by atoms with van der Waals surface area (Å²) < 4.78 is 0. The van der Waals surface area contributed by atoms with E-state index in [1.165, 1.54) is 18.5 Å². The second-order valence-electron chi connectivity index (χ2n) is 3.83. The monoisotopic (exact) mass is 237 g/mol. The summed E-state index contributed by atoms with van der Waals surface area (Å²) in [6.07, 6.45) is 4.42. The van der Waals surface area contributed by atoms with Crippen LogP contribution in [0.15, 0.2) is 18.5 Å². The zero-order chi connectivity index (χ0) is 12.7. The molecule has 0 aromatic carbocycles. The van der Waals surface area contributed by atoms with Crippen molar-refractivity contribution < 1.29 is 9.90 Å². The van der Waals surface area contributed by atoms with Gasteiger partial charge in [-0.15, -0.1) is 0 Å². The molecule has 0 saturated heterocycles. The highest BCUT2D eigenvalue weighted by atomic mass is 16.3. The Morgan fingerprint density at radius 1 is 1.53 bits per heavy atom. The fourth-order valence-electron chi connectivity index (χ4n) is 1.60. The molecule has 0 fully saturated rings. The SMILES string of the molecule is CCCN(CCCN)C(=O)c1ccncc1O. The summed E-state index contributed by atoms with van der Waals surface area (Å²) in [6, 6.07) is 1.53. The standard InChI is InChI=1S/C12H19N3O2/c1-2-7-15(8-3-5-13)12(17)10-4-6-14-9-11(10)16/h4,6,9,16H,2-3,5,7-8,13H2,1H3. The van der Waals surface area contributed by atoms with Crippen LogP contribution in [-0.4, -0.2) is 40.5 Å². The normalized spacial score (nSPS) is 10.2. The molecule has 1 heterocycles. The molecule has 0 aliphatic carbocycles. The second kappa shape index (κ2) is 6.85. The van der Waals surface area contributed by atoms with Gasteiger partial charge in [-0.1, -0.05) is 6.92 Å². The Morgan fingerprint density at radius 3 is 2.88 bits per heavy atom. The molecule has 5 heteroatoms. The van der Waals surface area contributed by atoms with Gasteiger partial charge in [-0.2, -0.15) is 0 Å². The van der Waals surface area contributed by atoms with E-state index in [4.69, 9.17) is 5.73 Å². The van der Waals surface area contributed by atoms with Crippen molar-refractivity contribution in [2.45, 2.75) is 19.8 Å². The molecule has 0 spiro atoms. The van der Waals surface area contributed by atoms with Gasteiger partial charge in [0.25, 0.3) is 5.91 Å². The predicted molar refractivity (Wildman–Crippen MR) is 65.8 cm³/mol. The quantitative estimate of drug-likeness (QED) is 0.773. The second-order valence-corrected chi connectivity index (χ2v) is 3.83. The summed E-state index contributed by atoms with van der Waals surface area (Å²) in [5.74, 6) is -0.244. The van der Waals surface area contributed by atoms with Crippen LogP contribution in [0.5, 0.6) is 5.75 Å². The highest BCUT2D eigenvalue weighted by Gasteiger charge is 2.17. The fourth-order valence-corrected chi connectivity index (χ4v) is 1.60. The first-order chi connectivity index (χ1) is 8.20. The summed E-state index contributed by atoms with van der Waals surface area (Å²) in [5.41, 5.74) is 5.74. The molecule has 1 amide bonds. The van der Waals surface area contributed by atoms with E-state index in [-0.39, 0.29) is 11.7 Å². The molecule has 0 radical (unpaired) electrons. The number of nitrogens with two attached hydrogens (primary N) is 1. The van der Waals surface area contributed by atoms with Crippen molar-refractivity contribution in [1.29, 1.82) is 0 Å². The van der Waals surface area contributed by atoms with Crippen LogP contribution in [0, 0.1) is 0 Å². The topological polar surface area (TPSA) is 79.5 Å². The van der Waals surface area contributed by atoms with Crippen LogP contribution in [0.25, 0.3) is 0 Å². The van der Waals surface area contributed by atoms with Gasteiger partial charge in [0.05, 0.1) is 11.8 Å². The Hall–Kier alpha value is -1.62. The van der Waals surface area contributed by atoms with Crippen molar-refractivity contribution in [2.24, 2.45) is 5.73 Å². The van der Waals surface area contributed by atoms with Gasteiger partial charge < -0.3 is 15.7 Å². The molecule has 5 nitrogen and oxygen atoms in total. The number of carbonyl (C=O) groups excluding carboxylic acids is 1. The average Bonchev–Trinajstić information content (AvgIpc) is 2.34. The van der Waals surface area contributed by atoms with Crippen LogP contribution in [0.2, 0.25) is 0 Å². The number of amides is 1. The maximum Gasteiger partial charge on any atom is 0.257 e. The van der Waals surface area contributed by atoms with Crippen molar-refractivity contribution >= 4 is 5.91 Å². The van der Waals surface area contributed by atoms with Crippen LogP contribution in [0.3, 0.4) is 0 Å². The molecule has 0 unspecified atom stereocenters. The van der Waals surface area contributed by atoms with Crippen molar-refractivity contribution in [3.05, 3.63) is 24.0 Å². The van der Waals surface area contributed by atoms with E-state index in [1.807, 2.05) is 6.92 Å². The van der Waals surface area contributed by atoms with E-state index in [0.29, 0.717) is 25.2 Å². The molecule has 0 aliphatic heterocycles. The van der Waals surface area contributed by atoms with E-state index >= 15 is 0 Å². The molecule has 0 aliphatic rings. The Balaban J connectivity index is 2.80. The number of aromatic hydroxyl groups is 1. The zero-order valence-electron chi connectivity index (χ0n) is 10.1. The zero-order valence-corrected chi connectivity index (χ0v) is 10.1.